The lowest BCUT2D eigenvalue weighted by Crippen LogP contribution is -2.37. The first kappa shape index (κ1) is 39.0. The van der Waals surface area contributed by atoms with E-state index >= 15 is 0 Å². The number of Topliss-reactive ketones (excluding diaryl/α,β-unsaturated/α-hetero) is 1. The van der Waals surface area contributed by atoms with E-state index < -0.39 is 30.0 Å². The summed E-state index contributed by atoms with van der Waals surface area (Å²) in [4.78, 5) is 36.8. The van der Waals surface area contributed by atoms with Gasteiger partial charge in [0.15, 0.2) is 5.78 Å². The summed E-state index contributed by atoms with van der Waals surface area (Å²) >= 11 is 11.3. The molecule has 1 N–H and O–H groups in total. The molecule has 2 unspecified atom stereocenters. The van der Waals surface area contributed by atoms with Crippen LogP contribution >= 0.6 is 23.2 Å². The fourth-order valence-corrected chi connectivity index (χ4v) is 3.74. The predicted molar refractivity (Wildman–Crippen MR) is 164 cm³/mol. The van der Waals surface area contributed by atoms with Crippen LogP contribution in [-0.2, 0) is 9.53 Å². The van der Waals surface area contributed by atoms with Gasteiger partial charge in [-0.1, -0.05) is 43.1 Å². The van der Waals surface area contributed by atoms with Crippen molar-refractivity contribution in [2.75, 3.05) is 0 Å². The van der Waals surface area contributed by atoms with Crippen molar-refractivity contribution in [2.45, 2.75) is 98.0 Å². The highest BCUT2D eigenvalue weighted by atomic mass is 35.5. The van der Waals surface area contributed by atoms with Crippen molar-refractivity contribution in [3.8, 4) is 0 Å². The van der Waals surface area contributed by atoms with Crippen LogP contribution in [0, 0.1) is 11.6 Å². The number of halogens is 7. The molecule has 13 heteroatoms. The largest absolute Gasteiger partial charge is 0.446 e. The third-order valence-electron chi connectivity index (χ3n) is 5.37. The number of carbonyl (C=O) groups is 3. The Hall–Kier alpha value is -3.05. The Morgan fingerprint density at radius 1 is 1.11 bits per heavy atom. The van der Waals surface area contributed by atoms with Crippen LogP contribution in [0.3, 0.4) is 0 Å². The van der Waals surface area contributed by atoms with Gasteiger partial charge in [-0.25, -0.2) is 13.6 Å². The predicted octanol–water partition coefficient (Wildman–Crippen LogP) is 9.58. The number of alkyl halides is 3. The fourth-order valence-electron chi connectivity index (χ4n) is 3.38. The lowest BCUT2D eigenvalue weighted by Gasteiger charge is -2.21. The minimum Gasteiger partial charge on any atom is -0.444 e. The molecule has 1 amide bonds. The highest BCUT2D eigenvalue weighted by Gasteiger charge is 2.25. The number of carbonyl (C=O) groups excluding carboxylic acids is 3. The second-order valence-corrected chi connectivity index (χ2v) is 11.2. The molecule has 0 aromatic heterocycles. The molecule has 0 spiro atoms. The Kier molecular flexibility index (Phi) is 17.1. The van der Waals surface area contributed by atoms with Crippen LogP contribution < -0.4 is 5.32 Å². The van der Waals surface area contributed by atoms with Crippen LogP contribution in [0.15, 0.2) is 41.4 Å². The number of nitrogens with one attached hydrogen (secondary N) is 1. The number of nitrogens with zero attached hydrogens (tertiary/aromatic N) is 1. The van der Waals surface area contributed by atoms with Gasteiger partial charge in [-0.2, -0.15) is 13.2 Å². The minimum atomic E-state index is -4.64. The molecular weight excluding hydrogens is 630 g/mol. The average Bonchev–Trinajstić information content (AvgIpc) is 3.36. The third kappa shape index (κ3) is 17.3. The molecule has 0 radical (unpaired) electrons. The number of aliphatic imine (C=N–C) groups is 1. The van der Waals surface area contributed by atoms with E-state index in [1.807, 2.05) is 0 Å². The van der Waals surface area contributed by atoms with Crippen molar-refractivity contribution in [1.82, 2.24) is 5.32 Å². The lowest BCUT2D eigenvalue weighted by atomic mass is 10.0. The zero-order valence-corrected chi connectivity index (χ0v) is 27.0. The summed E-state index contributed by atoms with van der Waals surface area (Å²) in [5, 5.41) is 2.76. The number of ketones is 1. The van der Waals surface area contributed by atoms with Gasteiger partial charge in [-0.15, -0.1) is 0 Å². The van der Waals surface area contributed by atoms with E-state index in [0.29, 0.717) is 24.9 Å². The summed E-state index contributed by atoms with van der Waals surface area (Å²) in [7, 11) is 0. The number of aldehydes is 1. The Morgan fingerprint density at radius 2 is 1.64 bits per heavy atom. The number of ether oxygens (including phenoxy) is 1. The van der Waals surface area contributed by atoms with E-state index in [1.54, 1.807) is 46.8 Å². The molecule has 0 fully saturated rings. The van der Waals surface area contributed by atoms with E-state index in [9.17, 15) is 31.5 Å². The van der Waals surface area contributed by atoms with Gasteiger partial charge in [0.1, 0.15) is 17.2 Å². The molecule has 1 heterocycles. The Bertz CT molecular complexity index is 1290. The van der Waals surface area contributed by atoms with Crippen LogP contribution in [0.25, 0.3) is 0 Å². The van der Waals surface area contributed by atoms with Gasteiger partial charge in [0.25, 0.3) is 0 Å². The van der Waals surface area contributed by atoms with Crippen molar-refractivity contribution in [3.63, 3.8) is 0 Å². The molecule has 246 valence electrons. The number of rotatable bonds is 6. The van der Waals surface area contributed by atoms with Crippen molar-refractivity contribution in [3.05, 3.63) is 69.2 Å². The van der Waals surface area contributed by atoms with Gasteiger partial charge < -0.3 is 10.1 Å². The first-order chi connectivity index (χ1) is 20.7. The highest BCUT2D eigenvalue weighted by molar-refractivity contribution is 6.31. The van der Waals surface area contributed by atoms with Crippen molar-refractivity contribution in [2.24, 2.45) is 4.99 Å². The Balaban J connectivity index is 0.000000711. The van der Waals surface area contributed by atoms with Gasteiger partial charge in [0, 0.05) is 31.2 Å². The van der Waals surface area contributed by atoms with Gasteiger partial charge in [0.05, 0.1) is 10.0 Å². The quantitative estimate of drug-likeness (QED) is 0.189. The molecule has 1 aliphatic rings. The first-order valence-electron chi connectivity index (χ1n) is 14.3. The van der Waals surface area contributed by atoms with Gasteiger partial charge in [-0.05, 0) is 89.8 Å². The Labute approximate surface area is 266 Å². The number of alkyl carbamates (subject to hydrolysis) is 1. The first-order valence-corrected chi connectivity index (χ1v) is 14.3. The minimum absolute atomic E-state index is 0.0780. The van der Waals surface area contributed by atoms with Crippen LogP contribution in [0.2, 0.25) is 10.0 Å². The molecule has 0 saturated heterocycles. The van der Waals surface area contributed by atoms with Crippen LogP contribution in [0.5, 0.6) is 0 Å². The second-order valence-electron chi connectivity index (χ2n) is 10.4. The van der Waals surface area contributed by atoms with E-state index in [0.717, 1.165) is 30.2 Å². The van der Waals surface area contributed by atoms with Gasteiger partial charge in [-0.3, -0.25) is 14.6 Å². The molecule has 0 bridgehead atoms. The van der Waals surface area contributed by atoms with Crippen molar-refractivity contribution >= 4 is 47.1 Å². The number of benzene rings is 2. The molecule has 3 rings (SSSR count). The van der Waals surface area contributed by atoms with Crippen LogP contribution in [0.4, 0.5) is 26.7 Å². The average molecular weight is 671 g/mol. The SMILES string of the molecule is CC(CCC(=O)c1ccc(F)c(Cl)c1)NC(=O)OC(C)(C)C.CC1CCC(c2ccc(F)c(Cl)c2)=N1.O=CC(F)(F)F.[2H]CC. The van der Waals surface area contributed by atoms with Gasteiger partial charge >= 0.3 is 12.3 Å². The van der Waals surface area contributed by atoms with Crippen molar-refractivity contribution < 1.29 is 42.4 Å². The van der Waals surface area contributed by atoms with Gasteiger partial charge in [0.2, 0.25) is 6.29 Å². The maximum Gasteiger partial charge on any atom is 0.446 e. The van der Waals surface area contributed by atoms with E-state index in [2.05, 4.69) is 17.2 Å². The molecule has 2 atom stereocenters. The van der Waals surface area contributed by atoms with E-state index in [1.165, 1.54) is 18.2 Å². The maximum absolute atomic E-state index is 13.1. The van der Waals surface area contributed by atoms with E-state index in [4.69, 9.17) is 34.1 Å². The summed E-state index contributed by atoms with van der Waals surface area (Å²) in [6.07, 6.45) is -3.51. The Morgan fingerprint density at radius 3 is 2.07 bits per heavy atom. The molecule has 0 aliphatic carbocycles. The number of amides is 1. The topological polar surface area (TPSA) is 84.8 Å². The van der Waals surface area contributed by atoms with Crippen LogP contribution in [0.1, 0.15) is 91.4 Å². The molecule has 44 heavy (non-hydrogen) atoms. The third-order valence-corrected chi connectivity index (χ3v) is 5.95. The van der Waals surface area contributed by atoms with E-state index in [-0.39, 0.29) is 34.1 Å². The summed E-state index contributed by atoms with van der Waals surface area (Å²) in [5.41, 5.74) is 1.78. The molecule has 2 aromatic rings. The van der Waals surface area contributed by atoms with Crippen LogP contribution in [-0.4, -0.2) is 47.7 Å². The summed E-state index contributed by atoms with van der Waals surface area (Å²) in [6, 6.07) is 8.82. The monoisotopic (exact) mass is 669 g/mol. The zero-order valence-electron chi connectivity index (χ0n) is 26.5. The fraction of sp³-hybridized carbons (Fsp3) is 0.484. The lowest BCUT2D eigenvalue weighted by molar-refractivity contribution is -0.156. The molecule has 6 nitrogen and oxygen atoms in total. The zero-order chi connectivity index (χ0) is 35.0. The maximum atomic E-state index is 13.1. The highest BCUT2D eigenvalue weighted by Crippen LogP contribution is 2.22. The molecular formula is C31H39Cl2F5N2O4. The summed E-state index contributed by atoms with van der Waals surface area (Å²) in [5.74, 6) is -1.08. The smallest absolute Gasteiger partial charge is 0.444 e. The summed E-state index contributed by atoms with van der Waals surface area (Å²) in [6.45, 7) is 11.5. The standard InChI is InChI=1S/C16H21ClFNO3.C11H11ClFN.C2HF3O.C2H6/c1-10(19-15(21)22-16(2,3)4)5-8-14(20)11-6-7-13(18)12(17)9-11;1-7-2-5-11(14-7)8-3-4-10(13)9(12)6-8;3-2(4,5)1-6;1-2/h6-7,9-10H,5,8H2,1-4H3,(H,19,21);3-4,6-7H,2,5H2,1H3;1H;1-2H3/i;;;1D. The molecule has 1 aliphatic heterocycles. The summed E-state index contributed by atoms with van der Waals surface area (Å²) < 4.78 is 68.5. The molecule has 0 saturated carbocycles. The number of hydrogen-bond acceptors (Lipinski definition) is 5. The van der Waals surface area contributed by atoms with Crippen molar-refractivity contribution in [1.29, 1.82) is 0 Å². The normalized spacial score (nSPS) is 15.0. The number of hydrogen-bond donors (Lipinski definition) is 1. The molecule has 2 aromatic carbocycles. The second kappa shape index (κ2) is 19.4.